The Morgan fingerprint density at radius 3 is 2.50 bits per heavy atom. The Labute approximate surface area is 98.3 Å². The Bertz CT molecular complexity index is 384. The zero-order chi connectivity index (χ0) is 12.1. The SMILES string of the molecule is CC(C)CCNC(=O)c1ccc(C(=O)O)s1. The standard InChI is InChI=1S/C11H15NO3S/c1-7(2)5-6-12-10(13)8-3-4-9(16-8)11(14)15/h3-4,7H,5-6H2,1-2H3,(H,12,13)(H,14,15). The summed E-state index contributed by atoms with van der Waals surface area (Å²) < 4.78 is 0. The van der Waals surface area contributed by atoms with Crippen LogP contribution in [0.3, 0.4) is 0 Å². The lowest BCUT2D eigenvalue weighted by Gasteiger charge is -2.05. The van der Waals surface area contributed by atoms with E-state index in [2.05, 4.69) is 19.2 Å². The van der Waals surface area contributed by atoms with E-state index in [1.54, 1.807) is 6.07 Å². The molecule has 1 aromatic rings. The van der Waals surface area contributed by atoms with Gasteiger partial charge >= 0.3 is 5.97 Å². The molecule has 0 saturated carbocycles. The average molecular weight is 241 g/mol. The van der Waals surface area contributed by atoms with Gasteiger partial charge in [0.15, 0.2) is 0 Å². The second-order valence-electron chi connectivity index (χ2n) is 3.91. The molecule has 0 aliphatic rings. The number of carboxylic acid groups (broad SMARTS) is 1. The lowest BCUT2D eigenvalue weighted by atomic mass is 10.1. The molecule has 16 heavy (non-hydrogen) atoms. The van der Waals surface area contributed by atoms with Gasteiger partial charge in [0.05, 0.1) is 4.88 Å². The van der Waals surface area contributed by atoms with Gasteiger partial charge in [-0.25, -0.2) is 4.79 Å². The lowest BCUT2D eigenvalue weighted by Crippen LogP contribution is -2.24. The second kappa shape index (κ2) is 5.65. The van der Waals surface area contributed by atoms with E-state index in [-0.39, 0.29) is 10.8 Å². The van der Waals surface area contributed by atoms with Gasteiger partial charge in [0.2, 0.25) is 0 Å². The van der Waals surface area contributed by atoms with E-state index in [9.17, 15) is 9.59 Å². The van der Waals surface area contributed by atoms with Gasteiger partial charge in [-0.1, -0.05) is 13.8 Å². The number of rotatable bonds is 5. The van der Waals surface area contributed by atoms with Crippen LogP contribution >= 0.6 is 11.3 Å². The van der Waals surface area contributed by atoms with Crippen LogP contribution in [-0.2, 0) is 0 Å². The fraction of sp³-hybridized carbons (Fsp3) is 0.455. The van der Waals surface area contributed by atoms with Gasteiger partial charge in [-0.2, -0.15) is 0 Å². The Morgan fingerprint density at radius 1 is 1.38 bits per heavy atom. The second-order valence-corrected chi connectivity index (χ2v) is 4.99. The van der Waals surface area contributed by atoms with Crippen LogP contribution in [0.15, 0.2) is 12.1 Å². The first-order chi connectivity index (χ1) is 7.50. The first kappa shape index (κ1) is 12.7. The summed E-state index contributed by atoms with van der Waals surface area (Å²) in [6, 6.07) is 2.99. The molecule has 1 heterocycles. The van der Waals surface area contributed by atoms with Crippen molar-refractivity contribution in [2.75, 3.05) is 6.54 Å². The molecule has 88 valence electrons. The molecule has 0 saturated heterocycles. The number of carbonyl (C=O) groups is 2. The minimum atomic E-state index is -0.994. The van der Waals surface area contributed by atoms with E-state index in [0.717, 1.165) is 17.8 Å². The smallest absolute Gasteiger partial charge is 0.345 e. The zero-order valence-electron chi connectivity index (χ0n) is 9.32. The van der Waals surface area contributed by atoms with Gasteiger partial charge in [0.1, 0.15) is 4.88 Å². The highest BCUT2D eigenvalue weighted by Gasteiger charge is 2.12. The van der Waals surface area contributed by atoms with E-state index in [0.29, 0.717) is 17.3 Å². The molecule has 4 nitrogen and oxygen atoms in total. The van der Waals surface area contributed by atoms with Crippen molar-refractivity contribution >= 4 is 23.2 Å². The fourth-order valence-corrected chi connectivity index (χ4v) is 1.90. The van der Waals surface area contributed by atoms with Crippen molar-refractivity contribution in [3.8, 4) is 0 Å². The molecule has 0 aromatic carbocycles. The monoisotopic (exact) mass is 241 g/mol. The third-order valence-corrected chi connectivity index (χ3v) is 3.12. The van der Waals surface area contributed by atoms with Crippen LogP contribution in [0.2, 0.25) is 0 Å². The number of hydrogen-bond acceptors (Lipinski definition) is 3. The lowest BCUT2D eigenvalue weighted by molar-refractivity contribution is 0.0702. The molecule has 2 N–H and O–H groups in total. The molecule has 5 heteroatoms. The van der Waals surface area contributed by atoms with Crippen LogP contribution in [0.25, 0.3) is 0 Å². The summed E-state index contributed by atoms with van der Waals surface area (Å²) in [5.41, 5.74) is 0. The maximum atomic E-state index is 11.6. The molecule has 0 atom stereocenters. The first-order valence-electron chi connectivity index (χ1n) is 5.12. The van der Waals surface area contributed by atoms with Crippen LogP contribution in [0, 0.1) is 5.92 Å². The highest BCUT2D eigenvalue weighted by molar-refractivity contribution is 7.15. The van der Waals surface area contributed by atoms with Crippen molar-refractivity contribution in [2.45, 2.75) is 20.3 Å². The summed E-state index contributed by atoms with van der Waals surface area (Å²) in [6.07, 6.45) is 0.920. The molecular weight excluding hydrogens is 226 g/mol. The summed E-state index contributed by atoms with van der Waals surface area (Å²) >= 11 is 0.996. The van der Waals surface area contributed by atoms with Gasteiger partial charge in [-0.05, 0) is 24.5 Å². The van der Waals surface area contributed by atoms with Crippen molar-refractivity contribution in [2.24, 2.45) is 5.92 Å². The minimum Gasteiger partial charge on any atom is -0.477 e. The Balaban J connectivity index is 2.50. The van der Waals surface area contributed by atoms with Gasteiger partial charge in [-0.3, -0.25) is 4.79 Å². The molecule has 0 spiro atoms. The van der Waals surface area contributed by atoms with Crippen LogP contribution in [0.5, 0.6) is 0 Å². The molecule has 1 rings (SSSR count). The Kier molecular flexibility index (Phi) is 4.49. The normalized spacial score (nSPS) is 10.4. The number of amides is 1. The van der Waals surface area contributed by atoms with Gasteiger partial charge in [0, 0.05) is 6.54 Å². The first-order valence-corrected chi connectivity index (χ1v) is 5.93. The Hall–Kier alpha value is -1.36. The van der Waals surface area contributed by atoms with Crippen LogP contribution in [-0.4, -0.2) is 23.5 Å². The largest absolute Gasteiger partial charge is 0.477 e. The molecule has 0 fully saturated rings. The fourth-order valence-electron chi connectivity index (χ4n) is 1.14. The van der Waals surface area contributed by atoms with Crippen molar-refractivity contribution < 1.29 is 14.7 Å². The topological polar surface area (TPSA) is 66.4 Å². The molecule has 1 amide bonds. The van der Waals surface area contributed by atoms with Gasteiger partial charge < -0.3 is 10.4 Å². The molecule has 0 aliphatic heterocycles. The highest BCUT2D eigenvalue weighted by Crippen LogP contribution is 2.16. The Morgan fingerprint density at radius 2 is 2.00 bits per heavy atom. The molecule has 0 aliphatic carbocycles. The maximum Gasteiger partial charge on any atom is 0.345 e. The van der Waals surface area contributed by atoms with Gasteiger partial charge in [0.25, 0.3) is 5.91 Å². The molecule has 0 bridgehead atoms. The molecule has 1 aromatic heterocycles. The quantitative estimate of drug-likeness (QED) is 0.830. The van der Waals surface area contributed by atoms with Gasteiger partial charge in [-0.15, -0.1) is 11.3 Å². The summed E-state index contributed by atoms with van der Waals surface area (Å²) in [7, 11) is 0. The number of aromatic carboxylic acids is 1. The van der Waals surface area contributed by atoms with Crippen molar-refractivity contribution in [1.29, 1.82) is 0 Å². The summed E-state index contributed by atoms with van der Waals surface area (Å²) in [4.78, 5) is 22.8. The third-order valence-electron chi connectivity index (χ3n) is 2.05. The number of carboxylic acids is 1. The molecular formula is C11H15NO3S. The van der Waals surface area contributed by atoms with E-state index in [1.807, 2.05) is 0 Å². The summed E-state index contributed by atoms with van der Waals surface area (Å²) in [6.45, 7) is 4.79. The molecule has 0 radical (unpaired) electrons. The highest BCUT2D eigenvalue weighted by atomic mass is 32.1. The third kappa shape index (κ3) is 3.66. The van der Waals surface area contributed by atoms with Crippen LogP contribution < -0.4 is 5.32 Å². The average Bonchev–Trinajstić information content (AvgIpc) is 2.65. The maximum absolute atomic E-state index is 11.6. The summed E-state index contributed by atoms with van der Waals surface area (Å²) in [5, 5.41) is 11.5. The van der Waals surface area contributed by atoms with Crippen molar-refractivity contribution in [3.63, 3.8) is 0 Å². The van der Waals surface area contributed by atoms with E-state index in [1.165, 1.54) is 6.07 Å². The van der Waals surface area contributed by atoms with E-state index in [4.69, 9.17) is 5.11 Å². The number of thiophene rings is 1. The van der Waals surface area contributed by atoms with E-state index < -0.39 is 5.97 Å². The number of nitrogens with one attached hydrogen (secondary N) is 1. The minimum absolute atomic E-state index is 0.189. The van der Waals surface area contributed by atoms with Crippen LogP contribution in [0.1, 0.15) is 39.6 Å². The predicted molar refractivity (Wildman–Crippen MR) is 63.1 cm³/mol. The number of hydrogen-bond donors (Lipinski definition) is 2. The number of carbonyl (C=O) groups excluding carboxylic acids is 1. The van der Waals surface area contributed by atoms with Crippen molar-refractivity contribution in [1.82, 2.24) is 5.32 Å². The summed E-state index contributed by atoms with van der Waals surface area (Å²) in [5.74, 6) is -0.650. The van der Waals surface area contributed by atoms with Crippen LogP contribution in [0.4, 0.5) is 0 Å². The predicted octanol–water partition coefficient (Wildman–Crippen LogP) is 2.22. The van der Waals surface area contributed by atoms with E-state index >= 15 is 0 Å². The zero-order valence-corrected chi connectivity index (χ0v) is 10.1. The molecule has 0 unspecified atom stereocenters. The van der Waals surface area contributed by atoms with Crippen molar-refractivity contribution in [3.05, 3.63) is 21.9 Å².